The van der Waals surface area contributed by atoms with E-state index in [1.807, 2.05) is 24.3 Å². The van der Waals surface area contributed by atoms with Gasteiger partial charge in [0.25, 0.3) is 0 Å². The van der Waals surface area contributed by atoms with Crippen LogP contribution in [-0.2, 0) is 16.0 Å². The summed E-state index contributed by atoms with van der Waals surface area (Å²) in [6.45, 7) is 1.15. The van der Waals surface area contributed by atoms with Gasteiger partial charge in [0, 0.05) is 32.2 Å². The van der Waals surface area contributed by atoms with E-state index in [9.17, 15) is 14.4 Å². The van der Waals surface area contributed by atoms with Crippen molar-refractivity contribution in [2.75, 3.05) is 31.6 Å². The number of imide groups is 1. The van der Waals surface area contributed by atoms with Crippen LogP contribution in [0, 0.1) is 0 Å². The van der Waals surface area contributed by atoms with Crippen LogP contribution in [0.4, 0.5) is 10.5 Å². The number of likely N-dealkylation sites (N-methyl/N-ethyl adjacent to an activating group) is 1. The highest BCUT2D eigenvalue weighted by molar-refractivity contribution is 6.02. The van der Waals surface area contributed by atoms with Crippen LogP contribution < -0.4 is 4.90 Å². The first-order valence-corrected chi connectivity index (χ1v) is 7.51. The van der Waals surface area contributed by atoms with Crippen molar-refractivity contribution in [1.82, 2.24) is 9.80 Å². The number of hydrogen-bond donors (Lipinski definition) is 0. The predicted molar refractivity (Wildman–Crippen MR) is 81.5 cm³/mol. The van der Waals surface area contributed by atoms with Crippen LogP contribution in [-0.4, -0.2) is 54.3 Å². The molecule has 1 fully saturated rings. The number of fused-ring (bicyclic) bond motifs is 1. The SMILES string of the molecule is CN1CC(=O)N(CCCC(=O)N2CCc3ccccc32)C1=O. The van der Waals surface area contributed by atoms with Crippen LogP contribution in [0.1, 0.15) is 18.4 Å². The minimum atomic E-state index is -0.274. The maximum atomic E-state index is 12.3. The molecule has 0 N–H and O–H groups in total. The molecule has 2 aliphatic heterocycles. The molecule has 0 spiro atoms. The lowest BCUT2D eigenvalue weighted by molar-refractivity contribution is -0.126. The molecule has 6 heteroatoms. The fourth-order valence-electron chi connectivity index (χ4n) is 3.01. The Labute approximate surface area is 129 Å². The first-order valence-electron chi connectivity index (χ1n) is 7.51. The number of nitrogens with zero attached hydrogens (tertiary/aromatic N) is 3. The molecule has 2 aliphatic rings. The molecule has 2 heterocycles. The molecule has 1 saturated heterocycles. The van der Waals surface area contributed by atoms with Crippen molar-refractivity contribution >= 4 is 23.5 Å². The van der Waals surface area contributed by atoms with Gasteiger partial charge in [0.05, 0.1) is 0 Å². The van der Waals surface area contributed by atoms with Crippen molar-refractivity contribution in [3.8, 4) is 0 Å². The van der Waals surface area contributed by atoms with Gasteiger partial charge in [-0.15, -0.1) is 0 Å². The standard InChI is InChI=1S/C16H19N3O3/c1-17-11-15(21)19(16(17)22)9-4-7-14(20)18-10-8-12-5-2-3-6-13(12)18/h2-3,5-6H,4,7-11H2,1H3. The van der Waals surface area contributed by atoms with Gasteiger partial charge in [-0.1, -0.05) is 18.2 Å². The van der Waals surface area contributed by atoms with Gasteiger partial charge < -0.3 is 9.80 Å². The zero-order valence-electron chi connectivity index (χ0n) is 12.6. The van der Waals surface area contributed by atoms with Crippen LogP contribution in [0.3, 0.4) is 0 Å². The summed E-state index contributed by atoms with van der Waals surface area (Å²) in [5.74, 6) is -0.135. The molecule has 1 aromatic carbocycles. The molecule has 3 rings (SSSR count). The first-order chi connectivity index (χ1) is 10.6. The molecule has 6 nitrogen and oxygen atoms in total. The van der Waals surface area contributed by atoms with Crippen molar-refractivity contribution in [2.24, 2.45) is 0 Å². The number of carbonyl (C=O) groups is 3. The normalized spacial score (nSPS) is 17.4. The van der Waals surface area contributed by atoms with Crippen molar-refractivity contribution < 1.29 is 14.4 Å². The number of rotatable bonds is 4. The second-order valence-electron chi connectivity index (χ2n) is 5.71. The highest BCUT2D eigenvalue weighted by atomic mass is 16.2. The number of hydrogen-bond acceptors (Lipinski definition) is 3. The van der Waals surface area contributed by atoms with Crippen LogP contribution in [0.25, 0.3) is 0 Å². The third-order valence-electron chi connectivity index (χ3n) is 4.19. The second kappa shape index (κ2) is 5.79. The van der Waals surface area contributed by atoms with E-state index in [2.05, 4.69) is 0 Å². The molecule has 0 aromatic heterocycles. The second-order valence-corrected chi connectivity index (χ2v) is 5.71. The largest absolute Gasteiger partial charge is 0.326 e. The van der Waals surface area contributed by atoms with E-state index in [4.69, 9.17) is 0 Å². The third kappa shape index (κ3) is 2.56. The van der Waals surface area contributed by atoms with Gasteiger partial charge in [-0.2, -0.15) is 0 Å². The van der Waals surface area contributed by atoms with Crippen molar-refractivity contribution in [3.05, 3.63) is 29.8 Å². The average molecular weight is 301 g/mol. The van der Waals surface area contributed by atoms with Crippen LogP contribution in [0.2, 0.25) is 0 Å². The molecular weight excluding hydrogens is 282 g/mol. The van der Waals surface area contributed by atoms with E-state index in [1.54, 1.807) is 11.9 Å². The van der Waals surface area contributed by atoms with Crippen molar-refractivity contribution in [1.29, 1.82) is 0 Å². The number of amides is 4. The Morgan fingerprint density at radius 2 is 2.00 bits per heavy atom. The maximum Gasteiger partial charge on any atom is 0.326 e. The van der Waals surface area contributed by atoms with Crippen molar-refractivity contribution in [2.45, 2.75) is 19.3 Å². The van der Waals surface area contributed by atoms with Gasteiger partial charge in [-0.25, -0.2) is 4.79 Å². The van der Waals surface area contributed by atoms with Gasteiger partial charge in [-0.3, -0.25) is 14.5 Å². The zero-order chi connectivity index (χ0) is 15.7. The molecule has 0 radical (unpaired) electrons. The Balaban J connectivity index is 1.54. The van der Waals surface area contributed by atoms with E-state index < -0.39 is 0 Å². The number of urea groups is 1. The molecular formula is C16H19N3O3. The van der Waals surface area contributed by atoms with Gasteiger partial charge in [0.2, 0.25) is 11.8 Å². The summed E-state index contributed by atoms with van der Waals surface area (Å²) in [7, 11) is 1.60. The summed E-state index contributed by atoms with van der Waals surface area (Å²) >= 11 is 0. The smallest absolute Gasteiger partial charge is 0.318 e. The molecule has 4 amide bonds. The Morgan fingerprint density at radius 3 is 2.73 bits per heavy atom. The zero-order valence-corrected chi connectivity index (χ0v) is 12.6. The summed E-state index contributed by atoms with van der Waals surface area (Å²) < 4.78 is 0. The molecule has 0 saturated carbocycles. The first kappa shape index (κ1) is 14.6. The topological polar surface area (TPSA) is 60.9 Å². The van der Waals surface area contributed by atoms with Crippen LogP contribution >= 0.6 is 0 Å². The number of benzene rings is 1. The molecule has 22 heavy (non-hydrogen) atoms. The summed E-state index contributed by atoms with van der Waals surface area (Å²) in [5, 5.41) is 0. The molecule has 116 valence electrons. The average Bonchev–Trinajstić information content (AvgIpc) is 3.03. The van der Waals surface area contributed by atoms with E-state index in [0.29, 0.717) is 25.9 Å². The minimum absolute atomic E-state index is 0.0531. The molecule has 1 aromatic rings. The van der Waals surface area contributed by atoms with E-state index in [0.717, 1.165) is 12.1 Å². The summed E-state index contributed by atoms with van der Waals surface area (Å²) in [5.41, 5.74) is 2.18. The van der Waals surface area contributed by atoms with Crippen LogP contribution in [0.15, 0.2) is 24.3 Å². The van der Waals surface area contributed by atoms with Gasteiger partial charge in [0.15, 0.2) is 0 Å². The predicted octanol–water partition coefficient (Wildman–Crippen LogP) is 1.25. The number of anilines is 1. The lowest BCUT2D eigenvalue weighted by atomic mass is 10.2. The van der Waals surface area contributed by atoms with E-state index >= 15 is 0 Å². The molecule has 0 aliphatic carbocycles. The summed E-state index contributed by atoms with van der Waals surface area (Å²) in [6.07, 6.45) is 1.73. The lowest BCUT2D eigenvalue weighted by Gasteiger charge is -2.18. The van der Waals surface area contributed by atoms with Crippen LogP contribution in [0.5, 0.6) is 0 Å². The van der Waals surface area contributed by atoms with E-state index in [-0.39, 0.29) is 24.4 Å². The summed E-state index contributed by atoms with van der Waals surface area (Å²) in [6, 6.07) is 7.64. The van der Waals surface area contributed by atoms with Crippen molar-refractivity contribution in [3.63, 3.8) is 0 Å². The Bertz CT molecular complexity index is 629. The monoisotopic (exact) mass is 301 g/mol. The third-order valence-corrected chi connectivity index (χ3v) is 4.19. The van der Waals surface area contributed by atoms with Gasteiger partial charge >= 0.3 is 6.03 Å². The lowest BCUT2D eigenvalue weighted by Crippen LogP contribution is -2.34. The fourth-order valence-corrected chi connectivity index (χ4v) is 3.01. The Kier molecular flexibility index (Phi) is 3.83. The maximum absolute atomic E-state index is 12.3. The Morgan fingerprint density at radius 1 is 1.23 bits per heavy atom. The van der Waals surface area contributed by atoms with Gasteiger partial charge in [-0.05, 0) is 24.5 Å². The highest BCUT2D eigenvalue weighted by Crippen LogP contribution is 2.28. The van der Waals surface area contributed by atoms with E-state index in [1.165, 1.54) is 15.4 Å². The van der Waals surface area contributed by atoms with Gasteiger partial charge in [0.1, 0.15) is 6.54 Å². The quantitative estimate of drug-likeness (QED) is 0.786. The molecule has 0 unspecified atom stereocenters. The minimum Gasteiger partial charge on any atom is -0.318 e. The fraction of sp³-hybridized carbons (Fsp3) is 0.438. The Hall–Kier alpha value is -2.37. The molecule has 0 bridgehead atoms. The highest BCUT2D eigenvalue weighted by Gasteiger charge is 2.33. The molecule has 0 atom stereocenters. The summed E-state index contributed by atoms with van der Waals surface area (Å²) in [4.78, 5) is 40.2. The number of para-hydroxylation sites is 1. The number of carbonyl (C=O) groups excluding carboxylic acids is 3.